The topological polar surface area (TPSA) is 53.0 Å². The standard InChI is InChI=1S/C18H20Cl2N2O3S/c19-14-3-1-4-15(20)17(14)25-12-13(23)11-21-6-8-22(9-7-21)18(24)16-5-2-10-26-16/h1-5,10,13,23H,6-9,11-12H2. The second-order valence-corrected chi connectivity index (χ2v) is 7.85. The second kappa shape index (κ2) is 9.06. The Labute approximate surface area is 166 Å². The molecule has 1 N–H and O–H groups in total. The van der Waals surface area contributed by atoms with Crippen LogP contribution in [-0.2, 0) is 0 Å². The Kier molecular flexibility index (Phi) is 6.78. The number of carbonyl (C=O) groups excluding carboxylic acids is 1. The van der Waals surface area contributed by atoms with Gasteiger partial charge in [-0.2, -0.15) is 0 Å². The van der Waals surface area contributed by atoms with Gasteiger partial charge in [-0.05, 0) is 23.6 Å². The molecular formula is C18H20Cl2N2O3S. The molecule has 0 radical (unpaired) electrons. The van der Waals surface area contributed by atoms with E-state index in [-0.39, 0.29) is 12.5 Å². The first-order chi connectivity index (χ1) is 12.5. The number of aliphatic hydroxyl groups is 1. The summed E-state index contributed by atoms with van der Waals surface area (Å²) < 4.78 is 5.58. The van der Waals surface area contributed by atoms with Gasteiger partial charge in [0.05, 0.1) is 14.9 Å². The fraction of sp³-hybridized carbons (Fsp3) is 0.389. The predicted octanol–water partition coefficient (Wildman–Crippen LogP) is 3.25. The van der Waals surface area contributed by atoms with Crippen LogP contribution < -0.4 is 4.74 Å². The Balaban J connectivity index is 1.43. The lowest BCUT2D eigenvalue weighted by molar-refractivity contribution is 0.0406. The van der Waals surface area contributed by atoms with Gasteiger partial charge in [0, 0.05) is 32.7 Å². The summed E-state index contributed by atoms with van der Waals surface area (Å²) >= 11 is 13.6. The van der Waals surface area contributed by atoms with Crippen molar-refractivity contribution >= 4 is 40.4 Å². The van der Waals surface area contributed by atoms with Crippen LogP contribution in [0.25, 0.3) is 0 Å². The van der Waals surface area contributed by atoms with Crippen LogP contribution in [-0.4, -0.2) is 66.2 Å². The number of nitrogens with zero attached hydrogens (tertiary/aromatic N) is 2. The lowest BCUT2D eigenvalue weighted by Crippen LogP contribution is -2.50. The Morgan fingerprint density at radius 1 is 1.15 bits per heavy atom. The molecular weight excluding hydrogens is 395 g/mol. The zero-order valence-electron chi connectivity index (χ0n) is 14.1. The third-order valence-electron chi connectivity index (χ3n) is 4.20. The van der Waals surface area contributed by atoms with Crippen LogP contribution in [0.15, 0.2) is 35.7 Å². The number of amides is 1. The molecule has 1 aliphatic rings. The first-order valence-corrected chi connectivity index (χ1v) is 9.98. The largest absolute Gasteiger partial charge is 0.488 e. The smallest absolute Gasteiger partial charge is 0.264 e. The second-order valence-electron chi connectivity index (χ2n) is 6.09. The zero-order chi connectivity index (χ0) is 18.5. The minimum absolute atomic E-state index is 0.0805. The van der Waals surface area contributed by atoms with E-state index in [0.29, 0.717) is 35.4 Å². The zero-order valence-corrected chi connectivity index (χ0v) is 16.4. The molecule has 0 saturated carbocycles. The molecule has 2 aromatic rings. The first kappa shape index (κ1) is 19.5. The summed E-state index contributed by atoms with van der Waals surface area (Å²) in [6, 6.07) is 8.86. The average Bonchev–Trinajstić information content (AvgIpc) is 3.16. The highest BCUT2D eigenvalue weighted by Gasteiger charge is 2.24. The van der Waals surface area contributed by atoms with Crippen molar-refractivity contribution in [2.45, 2.75) is 6.10 Å². The Hall–Kier alpha value is -1.31. The molecule has 0 aliphatic carbocycles. The summed E-state index contributed by atoms with van der Waals surface area (Å²) in [6.07, 6.45) is -0.665. The highest BCUT2D eigenvalue weighted by molar-refractivity contribution is 7.12. The van der Waals surface area contributed by atoms with Crippen LogP contribution >= 0.6 is 34.5 Å². The van der Waals surface area contributed by atoms with E-state index in [1.807, 2.05) is 22.4 Å². The summed E-state index contributed by atoms with van der Waals surface area (Å²) in [6.45, 7) is 3.34. The molecule has 140 valence electrons. The fourth-order valence-electron chi connectivity index (χ4n) is 2.84. The van der Waals surface area contributed by atoms with Gasteiger partial charge >= 0.3 is 0 Å². The SMILES string of the molecule is O=C(c1cccs1)N1CCN(CC(O)COc2c(Cl)cccc2Cl)CC1. The normalized spacial score (nSPS) is 16.5. The number of hydrogen-bond donors (Lipinski definition) is 1. The molecule has 0 spiro atoms. The lowest BCUT2D eigenvalue weighted by atomic mass is 10.2. The maximum Gasteiger partial charge on any atom is 0.264 e. The molecule has 1 saturated heterocycles. The van der Waals surface area contributed by atoms with Crippen molar-refractivity contribution in [2.24, 2.45) is 0 Å². The molecule has 26 heavy (non-hydrogen) atoms. The lowest BCUT2D eigenvalue weighted by Gasteiger charge is -2.35. The Morgan fingerprint density at radius 2 is 1.85 bits per heavy atom. The summed E-state index contributed by atoms with van der Waals surface area (Å²) in [5, 5.41) is 13.0. The predicted molar refractivity (Wildman–Crippen MR) is 105 cm³/mol. The van der Waals surface area contributed by atoms with E-state index < -0.39 is 6.10 Å². The molecule has 0 bridgehead atoms. The molecule has 1 amide bonds. The van der Waals surface area contributed by atoms with Gasteiger partial charge in [-0.25, -0.2) is 0 Å². The van der Waals surface area contributed by atoms with Crippen molar-refractivity contribution in [2.75, 3.05) is 39.3 Å². The van der Waals surface area contributed by atoms with E-state index in [0.717, 1.165) is 18.0 Å². The number of carbonyl (C=O) groups is 1. The van der Waals surface area contributed by atoms with Crippen molar-refractivity contribution in [1.82, 2.24) is 9.80 Å². The molecule has 1 fully saturated rings. The van der Waals surface area contributed by atoms with Gasteiger partial charge in [0.1, 0.15) is 12.7 Å². The minimum atomic E-state index is -0.665. The Bertz CT molecular complexity index is 714. The molecule has 1 aliphatic heterocycles. The van der Waals surface area contributed by atoms with Gasteiger partial charge in [0.15, 0.2) is 5.75 Å². The molecule has 3 rings (SSSR count). The average molecular weight is 415 g/mol. The van der Waals surface area contributed by atoms with Crippen LogP contribution in [0.1, 0.15) is 9.67 Å². The maximum absolute atomic E-state index is 12.3. The highest BCUT2D eigenvalue weighted by atomic mass is 35.5. The van der Waals surface area contributed by atoms with Crippen LogP contribution in [0.5, 0.6) is 5.75 Å². The van der Waals surface area contributed by atoms with Crippen molar-refractivity contribution < 1.29 is 14.6 Å². The number of benzene rings is 1. The third kappa shape index (κ3) is 4.90. The van der Waals surface area contributed by atoms with Gasteiger partial charge in [-0.3, -0.25) is 9.69 Å². The van der Waals surface area contributed by atoms with Crippen LogP contribution in [0.4, 0.5) is 0 Å². The molecule has 1 aromatic heterocycles. The number of ether oxygens (including phenoxy) is 1. The van der Waals surface area contributed by atoms with Crippen molar-refractivity contribution in [3.05, 3.63) is 50.6 Å². The van der Waals surface area contributed by atoms with E-state index in [1.165, 1.54) is 11.3 Å². The molecule has 2 heterocycles. The number of piperazine rings is 1. The third-order valence-corrected chi connectivity index (χ3v) is 5.65. The highest BCUT2D eigenvalue weighted by Crippen LogP contribution is 2.32. The van der Waals surface area contributed by atoms with Crippen molar-refractivity contribution in [1.29, 1.82) is 0 Å². The van der Waals surface area contributed by atoms with Crippen LogP contribution in [0.2, 0.25) is 10.0 Å². The number of hydrogen-bond acceptors (Lipinski definition) is 5. The number of halogens is 2. The number of β-amino-alcohol motifs (C(OH)–C–C–N with tert-alkyl or cyclic N) is 1. The van der Waals surface area contributed by atoms with Crippen LogP contribution in [0, 0.1) is 0 Å². The van der Waals surface area contributed by atoms with E-state index in [9.17, 15) is 9.90 Å². The minimum Gasteiger partial charge on any atom is -0.488 e. The van der Waals surface area contributed by atoms with Gasteiger partial charge in [0.2, 0.25) is 0 Å². The molecule has 1 unspecified atom stereocenters. The van der Waals surface area contributed by atoms with Gasteiger partial charge in [-0.15, -0.1) is 11.3 Å². The monoisotopic (exact) mass is 414 g/mol. The van der Waals surface area contributed by atoms with Gasteiger partial charge < -0.3 is 14.7 Å². The number of aliphatic hydroxyl groups excluding tert-OH is 1. The van der Waals surface area contributed by atoms with Gasteiger partial charge in [0.25, 0.3) is 5.91 Å². The molecule has 1 atom stereocenters. The van der Waals surface area contributed by atoms with E-state index in [4.69, 9.17) is 27.9 Å². The van der Waals surface area contributed by atoms with Gasteiger partial charge in [-0.1, -0.05) is 35.3 Å². The van der Waals surface area contributed by atoms with E-state index in [1.54, 1.807) is 18.2 Å². The summed E-state index contributed by atoms with van der Waals surface area (Å²) in [5.41, 5.74) is 0. The molecule has 5 nitrogen and oxygen atoms in total. The fourth-order valence-corrected chi connectivity index (χ4v) is 4.04. The Morgan fingerprint density at radius 3 is 2.46 bits per heavy atom. The number of thiophene rings is 1. The molecule has 1 aromatic carbocycles. The first-order valence-electron chi connectivity index (χ1n) is 8.34. The number of rotatable bonds is 6. The summed E-state index contributed by atoms with van der Waals surface area (Å²) in [4.78, 5) is 17.1. The van der Waals surface area contributed by atoms with Crippen molar-refractivity contribution in [3.63, 3.8) is 0 Å². The van der Waals surface area contributed by atoms with Crippen molar-refractivity contribution in [3.8, 4) is 5.75 Å². The summed E-state index contributed by atoms with van der Waals surface area (Å²) in [5.74, 6) is 0.471. The maximum atomic E-state index is 12.3. The number of para-hydroxylation sites is 1. The molecule has 8 heteroatoms. The van der Waals surface area contributed by atoms with E-state index in [2.05, 4.69) is 4.90 Å². The summed E-state index contributed by atoms with van der Waals surface area (Å²) in [7, 11) is 0. The van der Waals surface area contributed by atoms with Crippen LogP contribution in [0.3, 0.4) is 0 Å². The van der Waals surface area contributed by atoms with E-state index >= 15 is 0 Å². The quantitative estimate of drug-likeness (QED) is 0.787.